The maximum absolute atomic E-state index is 12.4. The SMILES string of the molecule is CC(=O)C(Br)c1cccc(SC(F)(F)F)c1C(=O)O. The highest BCUT2D eigenvalue weighted by Gasteiger charge is 2.33. The third-order valence-electron chi connectivity index (χ3n) is 2.13. The minimum atomic E-state index is -4.60. The molecular formula is C11H8BrF3O3S. The van der Waals surface area contributed by atoms with Gasteiger partial charge in [0, 0.05) is 4.90 Å². The van der Waals surface area contributed by atoms with E-state index in [1.165, 1.54) is 19.1 Å². The predicted molar refractivity (Wildman–Crippen MR) is 67.7 cm³/mol. The van der Waals surface area contributed by atoms with Crippen LogP contribution in [0.4, 0.5) is 13.2 Å². The number of thioether (sulfide) groups is 1. The van der Waals surface area contributed by atoms with E-state index in [-0.39, 0.29) is 5.56 Å². The average Bonchev–Trinajstić information content (AvgIpc) is 2.24. The summed E-state index contributed by atoms with van der Waals surface area (Å²) in [4.78, 5) is 21.0. The minimum absolute atomic E-state index is 0.00856. The van der Waals surface area contributed by atoms with Crippen LogP contribution in [0.5, 0.6) is 0 Å². The largest absolute Gasteiger partial charge is 0.478 e. The van der Waals surface area contributed by atoms with Gasteiger partial charge >= 0.3 is 11.5 Å². The second-order valence-electron chi connectivity index (χ2n) is 3.55. The Hall–Kier alpha value is -1.02. The molecule has 19 heavy (non-hydrogen) atoms. The molecule has 0 aliphatic carbocycles. The number of hydrogen-bond donors (Lipinski definition) is 1. The van der Waals surface area contributed by atoms with Crippen LogP contribution in [0.15, 0.2) is 23.1 Å². The van der Waals surface area contributed by atoms with Gasteiger partial charge in [-0.05, 0) is 30.3 Å². The normalized spacial score (nSPS) is 13.1. The van der Waals surface area contributed by atoms with Crippen molar-refractivity contribution in [1.29, 1.82) is 0 Å². The molecule has 0 spiro atoms. The number of carbonyl (C=O) groups is 2. The number of rotatable bonds is 4. The molecule has 0 heterocycles. The maximum atomic E-state index is 12.4. The van der Waals surface area contributed by atoms with Gasteiger partial charge in [-0.2, -0.15) is 13.2 Å². The molecule has 0 aliphatic rings. The van der Waals surface area contributed by atoms with Crippen molar-refractivity contribution in [3.63, 3.8) is 0 Å². The summed E-state index contributed by atoms with van der Waals surface area (Å²) in [6.45, 7) is 1.22. The average molecular weight is 357 g/mol. The highest BCUT2D eigenvalue weighted by Crippen LogP contribution is 2.41. The Balaban J connectivity index is 3.38. The lowest BCUT2D eigenvalue weighted by Gasteiger charge is -2.14. The van der Waals surface area contributed by atoms with Crippen LogP contribution >= 0.6 is 27.7 Å². The third kappa shape index (κ3) is 4.24. The van der Waals surface area contributed by atoms with Crippen molar-refractivity contribution in [2.75, 3.05) is 0 Å². The summed E-state index contributed by atoms with van der Waals surface area (Å²) in [5, 5.41) is 9.06. The van der Waals surface area contributed by atoms with Crippen LogP contribution in [0.2, 0.25) is 0 Å². The molecule has 3 nitrogen and oxygen atoms in total. The standard InChI is InChI=1S/C11H8BrF3O3S/c1-5(16)9(12)6-3-2-4-7(8(6)10(17)18)19-11(13,14)15/h2-4,9H,1H3,(H,17,18). The summed E-state index contributed by atoms with van der Waals surface area (Å²) in [5.74, 6) is -1.90. The number of carboxylic acid groups (broad SMARTS) is 1. The Bertz CT molecular complexity index is 516. The van der Waals surface area contributed by atoms with Crippen LogP contribution in [-0.4, -0.2) is 22.4 Å². The zero-order chi connectivity index (χ0) is 14.8. The van der Waals surface area contributed by atoms with Crippen molar-refractivity contribution in [2.24, 2.45) is 0 Å². The summed E-state index contributed by atoms with van der Waals surface area (Å²) < 4.78 is 37.1. The van der Waals surface area contributed by atoms with Gasteiger partial charge in [-0.1, -0.05) is 28.1 Å². The molecule has 1 unspecified atom stereocenters. The van der Waals surface area contributed by atoms with Crippen molar-refractivity contribution in [1.82, 2.24) is 0 Å². The summed E-state index contributed by atoms with van der Waals surface area (Å²) in [5.41, 5.74) is -5.10. The summed E-state index contributed by atoms with van der Waals surface area (Å²) in [6, 6.07) is 3.66. The van der Waals surface area contributed by atoms with Crippen LogP contribution in [0.3, 0.4) is 0 Å². The van der Waals surface area contributed by atoms with Crippen LogP contribution in [0, 0.1) is 0 Å². The molecule has 0 aliphatic heterocycles. The van der Waals surface area contributed by atoms with E-state index < -0.39 is 44.3 Å². The smallest absolute Gasteiger partial charge is 0.446 e. The molecule has 1 N–H and O–H groups in total. The van der Waals surface area contributed by atoms with Gasteiger partial charge in [0.1, 0.15) is 5.78 Å². The van der Waals surface area contributed by atoms with Crippen LogP contribution in [0.1, 0.15) is 27.7 Å². The monoisotopic (exact) mass is 356 g/mol. The van der Waals surface area contributed by atoms with E-state index in [1.807, 2.05) is 0 Å². The van der Waals surface area contributed by atoms with E-state index in [0.717, 1.165) is 6.07 Å². The molecule has 0 saturated carbocycles. The molecule has 104 valence electrons. The second kappa shape index (κ2) is 5.96. The first-order valence-corrected chi connectivity index (χ1v) is 6.63. The molecule has 0 radical (unpaired) electrons. The van der Waals surface area contributed by atoms with Gasteiger partial charge in [0.05, 0.1) is 10.4 Å². The van der Waals surface area contributed by atoms with E-state index in [4.69, 9.17) is 5.11 Å². The van der Waals surface area contributed by atoms with Crippen LogP contribution < -0.4 is 0 Å². The summed E-state index contributed by atoms with van der Waals surface area (Å²) in [6.07, 6.45) is 0. The number of alkyl halides is 4. The lowest BCUT2D eigenvalue weighted by atomic mass is 10.0. The maximum Gasteiger partial charge on any atom is 0.446 e. The molecule has 1 aromatic rings. The number of benzene rings is 1. The molecule has 0 bridgehead atoms. The number of ketones is 1. The molecular weight excluding hydrogens is 349 g/mol. The predicted octanol–water partition coefficient (Wildman–Crippen LogP) is 4.02. The Morgan fingerprint density at radius 3 is 2.37 bits per heavy atom. The number of carbonyl (C=O) groups excluding carboxylic acids is 1. The first kappa shape index (κ1) is 16.0. The van der Waals surface area contributed by atoms with Crippen molar-refractivity contribution in [3.8, 4) is 0 Å². The summed E-state index contributed by atoms with van der Waals surface area (Å²) in [7, 11) is 0. The zero-order valence-corrected chi connectivity index (χ0v) is 11.9. The number of carboxylic acids is 1. The first-order valence-electron chi connectivity index (χ1n) is 4.90. The van der Waals surface area contributed by atoms with E-state index in [9.17, 15) is 22.8 Å². The van der Waals surface area contributed by atoms with Crippen molar-refractivity contribution in [2.45, 2.75) is 22.2 Å². The lowest BCUT2D eigenvalue weighted by molar-refractivity contribution is -0.116. The summed E-state index contributed by atoms with van der Waals surface area (Å²) >= 11 is 2.47. The topological polar surface area (TPSA) is 54.4 Å². The van der Waals surface area contributed by atoms with Crippen molar-refractivity contribution >= 4 is 39.4 Å². The Morgan fingerprint density at radius 2 is 1.95 bits per heavy atom. The highest BCUT2D eigenvalue weighted by molar-refractivity contribution is 9.09. The Morgan fingerprint density at radius 1 is 1.37 bits per heavy atom. The van der Waals surface area contributed by atoms with Gasteiger partial charge in [0.2, 0.25) is 0 Å². The molecule has 1 aromatic carbocycles. The fraction of sp³-hybridized carbons (Fsp3) is 0.273. The second-order valence-corrected chi connectivity index (χ2v) is 5.57. The highest BCUT2D eigenvalue weighted by atomic mass is 79.9. The third-order valence-corrected chi connectivity index (χ3v) is 4.06. The van der Waals surface area contributed by atoms with Gasteiger partial charge < -0.3 is 5.11 Å². The lowest BCUT2D eigenvalue weighted by Crippen LogP contribution is -2.11. The first-order chi connectivity index (χ1) is 8.63. The molecule has 1 rings (SSSR count). The van der Waals surface area contributed by atoms with Crippen molar-refractivity contribution < 1.29 is 27.9 Å². The molecule has 0 amide bonds. The van der Waals surface area contributed by atoms with Gasteiger partial charge in [0.15, 0.2) is 0 Å². The number of halogens is 4. The fourth-order valence-electron chi connectivity index (χ4n) is 1.42. The Labute approximate surface area is 119 Å². The fourth-order valence-corrected chi connectivity index (χ4v) is 2.50. The number of aromatic carboxylic acids is 1. The minimum Gasteiger partial charge on any atom is -0.478 e. The molecule has 8 heteroatoms. The number of hydrogen-bond acceptors (Lipinski definition) is 3. The van der Waals surface area contributed by atoms with Crippen LogP contribution in [0.25, 0.3) is 0 Å². The number of Topliss-reactive ketones (excluding diaryl/α,β-unsaturated/α-hetero) is 1. The van der Waals surface area contributed by atoms with Gasteiger partial charge in [-0.3, -0.25) is 4.79 Å². The van der Waals surface area contributed by atoms with Gasteiger partial charge in [-0.25, -0.2) is 4.79 Å². The molecule has 0 fully saturated rings. The molecule has 0 saturated heterocycles. The van der Waals surface area contributed by atoms with E-state index in [1.54, 1.807) is 0 Å². The van der Waals surface area contributed by atoms with Gasteiger partial charge in [-0.15, -0.1) is 0 Å². The van der Waals surface area contributed by atoms with E-state index in [2.05, 4.69) is 15.9 Å². The Kier molecular flexibility index (Phi) is 5.03. The van der Waals surface area contributed by atoms with E-state index in [0.29, 0.717) is 0 Å². The molecule has 0 aromatic heterocycles. The quantitative estimate of drug-likeness (QED) is 0.653. The van der Waals surface area contributed by atoms with Crippen LogP contribution in [-0.2, 0) is 4.79 Å². The van der Waals surface area contributed by atoms with E-state index >= 15 is 0 Å². The molecule has 1 atom stereocenters. The zero-order valence-electron chi connectivity index (χ0n) is 9.49. The van der Waals surface area contributed by atoms with Crippen molar-refractivity contribution in [3.05, 3.63) is 29.3 Å². The van der Waals surface area contributed by atoms with Gasteiger partial charge in [0.25, 0.3) is 0 Å².